The summed E-state index contributed by atoms with van der Waals surface area (Å²) in [5, 5.41) is 4.41. The van der Waals surface area contributed by atoms with Crippen LogP contribution in [0.2, 0.25) is 0 Å². The molecule has 5 heteroatoms. The normalized spacial score (nSPS) is 12.7. The van der Waals surface area contributed by atoms with Gasteiger partial charge in [-0.3, -0.25) is 0 Å². The van der Waals surface area contributed by atoms with E-state index in [4.69, 9.17) is 0 Å². The molecular formula is C15H18BrFN2S. The van der Waals surface area contributed by atoms with Crippen LogP contribution in [0.1, 0.15) is 36.9 Å². The number of halogens is 2. The summed E-state index contributed by atoms with van der Waals surface area (Å²) >= 11 is 4.89. The van der Waals surface area contributed by atoms with Gasteiger partial charge in [0.25, 0.3) is 0 Å². The lowest BCUT2D eigenvalue weighted by atomic mass is 10.2. The monoisotopic (exact) mass is 356 g/mol. The lowest BCUT2D eigenvalue weighted by molar-refractivity contribution is 0.575. The minimum atomic E-state index is -0.250. The fraction of sp³-hybridized carbons (Fsp3) is 0.400. The maximum Gasteiger partial charge on any atom is 0.137 e. The topological polar surface area (TPSA) is 24.9 Å². The molecule has 2 aromatic rings. The van der Waals surface area contributed by atoms with Crippen LogP contribution in [0.15, 0.2) is 22.7 Å². The number of hydrogen-bond acceptors (Lipinski definition) is 3. The first kappa shape index (κ1) is 15.6. The zero-order valence-corrected chi connectivity index (χ0v) is 14.2. The molecule has 1 aromatic carbocycles. The number of rotatable bonds is 5. The molecular weight excluding hydrogens is 339 g/mol. The standard InChI is InChI=1S/C15H18BrFN2S/c1-4-7-18-9(2)14-10(3)19-15(20-14)11-5-6-13(17)12(16)8-11/h5-6,8-9,18H,4,7H2,1-3H3. The average Bonchev–Trinajstić information content (AvgIpc) is 2.81. The molecule has 0 saturated heterocycles. The number of thiazole rings is 1. The van der Waals surface area contributed by atoms with Crippen molar-refractivity contribution >= 4 is 27.3 Å². The molecule has 0 aliphatic heterocycles. The third-order valence-electron chi connectivity index (χ3n) is 3.09. The minimum absolute atomic E-state index is 0.250. The van der Waals surface area contributed by atoms with E-state index < -0.39 is 0 Å². The zero-order chi connectivity index (χ0) is 14.7. The number of nitrogens with zero attached hydrogens (tertiary/aromatic N) is 1. The summed E-state index contributed by atoms with van der Waals surface area (Å²) in [5.41, 5.74) is 1.99. The predicted octanol–water partition coefficient (Wildman–Crippen LogP) is 5.08. The summed E-state index contributed by atoms with van der Waals surface area (Å²) in [4.78, 5) is 5.86. The Hall–Kier alpha value is -0.780. The summed E-state index contributed by atoms with van der Waals surface area (Å²) in [6.07, 6.45) is 1.11. The lowest BCUT2D eigenvalue weighted by Crippen LogP contribution is -2.18. The molecule has 108 valence electrons. The Morgan fingerprint density at radius 3 is 2.85 bits per heavy atom. The van der Waals surface area contributed by atoms with E-state index in [0.29, 0.717) is 10.5 Å². The fourth-order valence-corrected chi connectivity index (χ4v) is 3.48. The number of aromatic nitrogens is 1. The summed E-state index contributed by atoms with van der Waals surface area (Å²) in [5.74, 6) is -0.250. The average molecular weight is 357 g/mol. The second-order valence-corrected chi connectivity index (χ2v) is 6.66. The SMILES string of the molecule is CCCNC(C)c1sc(-c2ccc(F)c(Br)c2)nc1C. The molecule has 0 saturated carbocycles. The molecule has 1 atom stereocenters. The molecule has 1 unspecified atom stereocenters. The van der Waals surface area contributed by atoms with E-state index in [1.807, 2.05) is 6.92 Å². The maximum absolute atomic E-state index is 13.3. The van der Waals surface area contributed by atoms with Crippen molar-refractivity contribution in [3.05, 3.63) is 39.1 Å². The van der Waals surface area contributed by atoms with E-state index in [9.17, 15) is 4.39 Å². The Bertz CT molecular complexity index is 598. The zero-order valence-electron chi connectivity index (χ0n) is 11.8. The van der Waals surface area contributed by atoms with E-state index in [1.165, 1.54) is 10.9 Å². The molecule has 0 radical (unpaired) electrons. The molecule has 20 heavy (non-hydrogen) atoms. The van der Waals surface area contributed by atoms with Crippen molar-refractivity contribution < 1.29 is 4.39 Å². The molecule has 0 aliphatic rings. The Balaban J connectivity index is 2.28. The van der Waals surface area contributed by atoms with Gasteiger partial charge in [0.1, 0.15) is 10.8 Å². The van der Waals surface area contributed by atoms with Crippen LogP contribution >= 0.6 is 27.3 Å². The van der Waals surface area contributed by atoms with Gasteiger partial charge in [0, 0.05) is 16.5 Å². The van der Waals surface area contributed by atoms with Crippen molar-refractivity contribution in [2.45, 2.75) is 33.2 Å². The van der Waals surface area contributed by atoms with Gasteiger partial charge < -0.3 is 5.32 Å². The molecule has 0 spiro atoms. The molecule has 2 rings (SSSR count). The largest absolute Gasteiger partial charge is 0.309 e. The van der Waals surface area contributed by atoms with E-state index in [0.717, 1.165) is 29.2 Å². The summed E-state index contributed by atoms with van der Waals surface area (Å²) in [7, 11) is 0. The van der Waals surface area contributed by atoms with Gasteiger partial charge in [-0.05, 0) is 60.9 Å². The summed E-state index contributed by atoms with van der Waals surface area (Å²) in [6, 6.07) is 5.31. The van der Waals surface area contributed by atoms with Gasteiger partial charge in [0.05, 0.1) is 10.2 Å². The molecule has 0 bridgehead atoms. The predicted molar refractivity (Wildman–Crippen MR) is 86.7 cm³/mol. The van der Waals surface area contributed by atoms with Crippen molar-refractivity contribution in [3.8, 4) is 10.6 Å². The first-order chi connectivity index (χ1) is 9.52. The summed E-state index contributed by atoms with van der Waals surface area (Å²) in [6.45, 7) is 7.33. The highest BCUT2D eigenvalue weighted by Crippen LogP contribution is 2.33. The highest BCUT2D eigenvalue weighted by molar-refractivity contribution is 9.10. The third kappa shape index (κ3) is 3.45. The Morgan fingerprint density at radius 2 is 2.20 bits per heavy atom. The van der Waals surface area contributed by atoms with Crippen LogP contribution in [0, 0.1) is 12.7 Å². The van der Waals surface area contributed by atoms with Gasteiger partial charge in [-0.15, -0.1) is 11.3 Å². The smallest absolute Gasteiger partial charge is 0.137 e. The van der Waals surface area contributed by atoms with Crippen molar-refractivity contribution in [3.63, 3.8) is 0 Å². The van der Waals surface area contributed by atoms with Crippen LogP contribution in [-0.2, 0) is 0 Å². The number of hydrogen-bond donors (Lipinski definition) is 1. The fourth-order valence-electron chi connectivity index (χ4n) is 2.02. The Kier molecular flexibility index (Phi) is 5.29. The van der Waals surface area contributed by atoms with Gasteiger partial charge in [0.2, 0.25) is 0 Å². The molecule has 2 nitrogen and oxygen atoms in total. The van der Waals surface area contributed by atoms with Gasteiger partial charge in [-0.2, -0.15) is 0 Å². The quantitative estimate of drug-likeness (QED) is 0.807. The second-order valence-electron chi connectivity index (χ2n) is 4.77. The highest BCUT2D eigenvalue weighted by atomic mass is 79.9. The molecule has 0 fully saturated rings. The van der Waals surface area contributed by atoms with Crippen molar-refractivity contribution in [1.29, 1.82) is 0 Å². The number of nitrogens with one attached hydrogen (secondary N) is 1. The number of aryl methyl sites for hydroxylation is 1. The molecule has 0 amide bonds. The first-order valence-corrected chi connectivity index (χ1v) is 8.30. The van der Waals surface area contributed by atoms with Crippen molar-refractivity contribution in [2.75, 3.05) is 6.54 Å². The van der Waals surface area contributed by atoms with Crippen LogP contribution in [0.5, 0.6) is 0 Å². The molecule has 1 heterocycles. The van der Waals surface area contributed by atoms with Crippen LogP contribution in [0.25, 0.3) is 10.6 Å². The minimum Gasteiger partial charge on any atom is -0.309 e. The van der Waals surface area contributed by atoms with Crippen LogP contribution in [-0.4, -0.2) is 11.5 Å². The van der Waals surface area contributed by atoms with Gasteiger partial charge in [-0.1, -0.05) is 6.92 Å². The van der Waals surface area contributed by atoms with Gasteiger partial charge in [0.15, 0.2) is 0 Å². The number of benzene rings is 1. The molecule has 0 aliphatic carbocycles. The highest BCUT2D eigenvalue weighted by Gasteiger charge is 2.15. The molecule has 1 N–H and O–H groups in total. The van der Waals surface area contributed by atoms with Crippen molar-refractivity contribution in [2.24, 2.45) is 0 Å². The van der Waals surface area contributed by atoms with Crippen LogP contribution in [0.4, 0.5) is 4.39 Å². The first-order valence-electron chi connectivity index (χ1n) is 6.69. The third-order valence-corrected chi connectivity index (χ3v) is 5.09. The van der Waals surface area contributed by atoms with E-state index >= 15 is 0 Å². The van der Waals surface area contributed by atoms with Crippen LogP contribution in [0.3, 0.4) is 0 Å². The van der Waals surface area contributed by atoms with Gasteiger partial charge >= 0.3 is 0 Å². The molecule has 1 aromatic heterocycles. The Labute approximate surface area is 131 Å². The van der Waals surface area contributed by atoms with Gasteiger partial charge in [-0.25, -0.2) is 9.37 Å². The van der Waals surface area contributed by atoms with E-state index in [1.54, 1.807) is 23.5 Å². The van der Waals surface area contributed by atoms with Crippen LogP contribution < -0.4 is 5.32 Å². The van der Waals surface area contributed by atoms with Crippen molar-refractivity contribution in [1.82, 2.24) is 10.3 Å². The lowest BCUT2D eigenvalue weighted by Gasteiger charge is -2.11. The van der Waals surface area contributed by atoms with E-state index in [-0.39, 0.29) is 5.82 Å². The Morgan fingerprint density at radius 1 is 1.45 bits per heavy atom. The summed E-state index contributed by atoms with van der Waals surface area (Å²) < 4.78 is 13.8. The second kappa shape index (κ2) is 6.78. The van der Waals surface area contributed by atoms with E-state index in [2.05, 4.69) is 40.1 Å². The maximum atomic E-state index is 13.3.